The smallest absolute Gasteiger partial charge is 0.256 e. The van der Waals surface area contributed by atoms with E-state index >= 15 is 0 Å². The van der Waals surface area contributed by atoms with Gasteiger partial charge in [0.25, 0.3) is 5.91 Å². The van der Waals surface area contributed by atoms with Crippen LogP contribution in [0.15, 0.2) is 48.5 Å². The lowest BCUT2D eigenvalue weighted by molar-refractivity contribution is 0.102. The lowest BCUT2D eigenvalue weighted by atomic mass is 10.1. The molecular formula is C23H20ClFN4O2. The summed E-state index contributed by atoms with van der Waals surface area (Å²) in [5, 5.41) is 8.54. The van der Waals surface area contributed by atoms with Crippen LogP contribution in [0.1, 0.15) is 27.3 Å². The van der Waals surface area contributed by atoms with E-state index in [4.69, 9.17) is 16.3 Å². The van der Waals surface area contributed by atoms with E-state index in [-0.39, 0.29) is 5.91 Å². The molecular weight excluding hydrogens is 419 g/mol. The van der Waals surface area contributed by atoms with Crippen molar-refractivity contribution in [3.8, 4) is 5.88 Å². The highest BCUT2D eigenvalue weighted by Crippen LogP contribution is 2.26. The summed E-state index contributed by atoms with van der Waals surface area (Å²) in [6.07, 6.45) is 0. The van der Waals surface area contributed by atoms with E-state index in [9.17, 15) is 9.18 Å². The van der Waals surface area contributed by atoms with Crippen molar-refractivity contribution in [2.45, 2.75) is 20.4 Å². The van der Waals surface area contributed by atoms with Gasteiger partial charge in [0.2, 0.25) is 5.88 Å². The van der Waals surface area contributed by atoms with E-state index < -0.39 is 5.82 Å². The number of methoxy groups -OCH3 is 1. The van der Waals surface area contributed by atoms with Crippen LogP contribution in [0.2, 0.25) is 5.02 Å². The van der Waals surface area contributed by atoms with E-state index in [1.807, 2.05) is 38.1 Å². The highest BCUT2D eigenvalue weighted by atomic mass is 35.5. The van der Waals surface area contributed by atoms with Crippen molar-refractivity contribution in [2.75, 3.05) is 12.4 Å². The fourth-order valence-corrected chi connectivity index (χ4v) is 3.69. The molecule has 0 bridgehead atoms. The molecule has 4 rings (SSSR count). The number of aromatic nitrogens is 3. The summed E-state index contributed by atoms with van der Waals surface area (Å²) in [4.78, 5) is 17.6. The molecule has 1 amide bonds. The van der Waals surface area contributed by atoms with Crippen LogP contribution >= 0.6 is 11.6 Å². The summed E-state index contributed by atoms with van der Waals surface area (Å²) in [7, 11) is 1.51. The Morgan fingerprint density at radius 2 is 1.97 bits per heavy atom. The van der Waals surface area contributed by atoms with Crippen molar-refractivity contribution in [2.24, 2.45) is 0 Å². The van der Waals surface area contributed by atoms with Crippen LogP contribution in [0, 0.1) is 19.7 Å². The molecule has 0 fully saturated rings. The van der Waals surface area contributed by atoms with Crippen LogP contribution in [-0.4, -0.2) is 27.8 Å². The van der Waals surface area contributed by atoms with Gasteiger partial charge in [0, 0.05) is 16.5 Å². The number of benzene rings is 2. The van der Waals surface area contributed by atoms with E-state index in [1.54, 1.807) is 16.8 Å². The van der Waals surface area contributed by atoms with Gasteiger partial charge in [-0.15, -0.1) is 0 Å². The molecule has 31 heavy (non-hydrogen) atoms. The van der Waals surface area contributed by atoms with Gasteiger partial charge in [0.1, 0.15) is 5.82 Å². The second-order valence-corrected chi connectivity index (χ2v) is 7.53. The molecule has 0 aliphatic rings. The van der Waals surface area contributed by atoms with Crippen molar-refractivity contribution in [1.29, 1.82) is 0 Å². The van der Waals surface area contributed by atoms with E-state index in [0.717, 1.165) is 16.6 Å². The standard InChI is InChI=1S/C23H20ClFN4O2/c1-13-22(14(2)29(28-13)12-15-8-9-16(25)10-19(15)24)27-23(30)18-11-21(31-3)26-20-7-5-4-6-17(18)20/h4-11H,12H2,1-3H3,(H,27,30). The van der Waals surface area contributed by atoms with Gasteiger partial charge in [-0.05, 0) is 37.6 Å². The Balaban J connectivity index is 1.66. The predicted molar refractivity (Wildman–Crippen MR) is 118 cm³/mol. The molecule has 2 aromatic heterocycles. The fraction of sp³-hybridized carbons (Fsp3) is 0.174. The number of fused-ring (bicyclic) bond motifs is 1. The third kappa shape index (κ3) is 4.09. The van der Waals surface area contributed by atoms with Gasteiger partial charge in [-0.1, -0.05) is 35.9 Å². The normalized spacial score (nSPS) is 11.0. The summed E-state index contributed by atoms with van der Waals surface area (Å²) in [6.45, 7) is 4.03. The highest BCUT2D eigenvalue weighted by Gasteiger charge is 2.19. The molecule has 1 N–H and O–H groups in total. The van der Waals surface area contributed by atoms with E-state index in [2.05, 4.69) is 15.4 Å². The Labute approximate surface area is 183 Å². The molecule has 0 saturated heterocycles. The van der Waals surface area contributed by atoms with Crippen molar-refractivity contribution in [3.05, 3.63) is 81.9 Å². The number of aryl methyl sites for hydroxylation is 1. The first kappa shape index (κ1) is 20.8. The fourth-order valence-electron chi connectivity index (χ4n) is 3.47. The zero-order chi connectivity index (χ0) is 22.1. The number of ether oxygens (including phenoxy) is 1. The van der Waals surface area contributed by atoms with Gasteiger partial charge in [-0.2, -0.15) is 5.10 Å². The molecule has 2 heterocycles. The summed E-state index contributed by atoms with van der Waals surface area (Å²) in [5.41, 5.74) is 3.89. The van der Waals surface area contributed by atoms with Crippen molar-refractivity contribution in [3.63, 3.8) is 0 Å². The summed E-state index contributed by atoms with van der Waals surface area (Å²) in [5.74, 6) is -0.323. The lowest BCUT2D eigenvalue weighted by Gasteiger charge is -2.11. The zero-order valence-corrected chi connectivity index (χ0v) is 18.0. The third-order valence-electron chi connectivity index (χ3n) is 5.10. The Morgan fingerprint density at radius 1 is 1.19 bits per heavy atom. The van der Waals surface area contributed by atoms with Gasteiger partial charge in [-0.25, -0.2) is 9.37 Å². The van der Waals surface area contributed by atoms with E-state index in [1.165, 1.54) is 19.2 Å². The van der Waals surface area contributed by atoms with Crippen molar-refractivity contribution < 1.29 is 13.9 Å². The van der Waals surface area contributed by atoms with Gasteiger partial charge in [-0.3, -0.25) is 9.48 Å². The van der Waals surface area contributed by atoms with Gasteiger partial charge >= 0.3 is 0 Å². The maximum Gasteiger partial charge on any atom is 0.256 e. The number of anilines is 1. The number of amides is 1. The van der Waals surface area contributed by atoms with Gasteiger partial charge in [0.05, 0.1) is 41.8 Å². The van der Waals surface area contributed by atoms with Crippen molar-refractivity contribution >= 4 is 34.1 Å². The second-order valence-electron chi connectivity index (χ2n) is 7.12. The lowest BCUT2D eigenvalue weighted by Crippen LogP contribution is -2.14. The minimum absolute atomic E-state index is 0.289. The Bertz CT molecular complexity index is 1300. The molecule has 0 aliphatic carbocycles. The average molecular weight is 439 g/mol. The maximum atomic E-state index is 13.3. The molecule has 0 atom stereocenters. The SMILES string of the molecule is COc1cc(C(=O)Nc2c(C)nn(Cc3ccc(F)cc3Cl)c2C)c2ccccc2n1. The zero-order valence-electron chi connectivity index (χ0n) is 17.2. The Hall–Kier alpha value is -3.45. The molecule has 0 radical (unpaired) electrons. The first-order chi connectivity index (χ1) is 14.9. The Kier molecular flexibility index (Phi) is 5.61. The largest absolute Gasteiger partial charge is 0.481 e. The van der Waals surface area contributed by atoms with Crippen LogP contribution in [-0.2, 0) is 6.54 Å². The summed E-state index contributed by atoms with van der Waals surface area (Å²) < 4.78 is 20.3. The van der Waals surface area contributed by atoms with Crippen LogP contribution in [0.25, 0.3) is 10.9 Å². The molecule has 0 unspecified atom stereocenters. The number of carbonyl (C=O) groups excluding carboxylic acids is 1. The molecule has 6 nitrogen and oxygen atoms in total. The maximum absolute atomic E-state index is 13.3. The average Bonchev–Trinajstić information content (AvgIpc) is 3.02. The third-order valence-corrected chi connectivity index (χ3v) is 5.45. The molecule has 0 spiro atoms. The van der Waals surface area contributed by atoms with Crippen LogP contribution in [0.3, 0.4) is 0 Å². The first-order valence-corrected chi connectivity index (χ1v) is 9.98. The number of pyridine rings is 1. The monoisotopic (exact) mass is 438 g/mol. The minimum atomic E-state index is -0.393. The van der Waals surface area contributed by atoms with Gasteiger partial charge < -0.3 is 10.1 Å². The number of para-hydroxylation sites is 1. The predicted octanol–water partition coefficient (Wildman–Crippen LogP) is 5.15. The number of rotatable bonds is 5. The minimum Gasteiger partial charge on any atom is -0.481 e. The Morgan fingerprint density at radius 3 is 2.71 bits per heavy atom. The van der Waals surface area contributed by atoms with Crippen LogP contribution in [0.5, 0.6) is 5.88 Å². The number of carbonyl (C=O) groups is 1. The number of nitrogens with one attached hydrogen (secondary N) is 1. The topological polar surface area (TPSA) is 69.0 Å². The molecule has 0 saturated carbocycles. The molecule has 2 aromatic carbocycles. The number of halogens is 2. The number of hydrogen-bond acceptors (Lipinski definition) is 4. The first-order valence-electron chi connectivity index (χ1n) is 9.60. The second kappa shape index (κ2) is 8.35. The van der Waals surface area contributed by atoms with Crippen molar-refractivity contribution in [1.82, 2.24) is 14.8 Å². The van der Waals surface area contributed by atoms with E-state index in [0.29, 0.717) is 39.9 Å². The number of nitrogens with zero attached hydrogens (tertiary/aromatic N) is 3. The molecule has 8 heteroatoms. The molecule has 0 aliphatic heterocycles. The quantitative estimate of drug-likeness (QED) is 0.468. The molecule has 158 valence electrons. The van der Waals surface area contributed by atoms with Crippen LogP contribution < -0.4 is 10.1 Å². The summed E-state index contributed by atoms with van der Waals surface area (Å²) >= 11 is 6.16. The van der Waals surface area contributed by atoms with Gasteiger partial charge in [0.15, 0.2) is 0 Å². The summed E-state index contributed by atoms with van der Waals surface area (Å²) in [6, 6.07) is 13.3. The molecule has 4 aromatic rings. The highest BCUT2D eigenvalue weighted by molar-refractivity contribution is 6.31. The number of hydrogen-bond donors (Lipinski definition) is 1. The van der Waals surface area contributed by atoms with Crippen LogP contribution in [0.4, 0.5) is 10.1 Å².